The Kier molecular flexibility index (Phi) is 6.26. The second-order valence-electron chi connectivity index (χ2n) is 10.4. The Labute approximate surface area is 212 Å². The summed E-state index contributed by atoms with van der Waals surface area (Å²) in [5.41, 5.74) is 4.52. The molecular formula is C28H32BN3O4. The number of benzene rings is 2. The van der Waals surface area contributed by atoms with Gasteiger partial charge in [0.05, 0.1) is 11.2 Å². The average molecular weight is 485 g/mol. The van der Waals surface area contributed by atoms with Gasteiger partial charge in [-0.15, -0.1) is 0 Å². The van der Waals surface area contributed by atoms with Gasteiger partial charge in [-0.05, 0) is 61.5 Å². The van der Waals surface area contributed by atoms with Gasteiger partial charge < -0.3 is 23.9 Å². The van der Waals surface area contributed by atoms with E-state index in [1.54, 1.807) is 6.20 Å². The van der Waals surface area contributed by atoms with Gasteiger partial charge in [-0.2, -0.15) is 0 Å². The summed E-state index contributed by atoms with van der Waals surface area (Å²) in [6, 6.07) is 16.6. The average Bonchev–Trinajstić information content (AvgIpc) is 3.46. The molecule has 0 saturated carbocycles. The van der Waals surface area contributed by atoms with Crippen LogP contribution in [0.3, 0.4) is 0 Å². The monoisotopic (exact) mass is 485 g/mol. The van der Waals surface area contributed by atoms with Crippen molar-refractivity contribution in [2.75, 3.05) is 13.2 Å². The van der Waals surface area contributed by atoms with Crippen LogP contribution in [0.2, 0.25) is 0 Å². The van der Waals surface area contributed by atoms with Gasteiger partial charge in [0, 0.05) is 31.9 Å². The van der Waals surface area contributed by atoms with Crippen LogP contribution in [-0.2, 0) is 21.1 Å². The number of nitrogens with zero attached hydrogens (tertiary/aromatic N) is 2. The first kappa shape index (κ1) is 24.3. The molecule has 1 aliphatic heterocycles. The molecule has 8 heteroatoms. The smallest absolute Gasteiger partial charge is 0.449 e. The first-order valence-corrected chi connectivity index (χ1v) is 12.3. The highest BCUT2D eigenvalue weighted by Crippen LogP contribution is 2.44. The van der Waals surface area contributed by atoms with E-state index in [1.807, 2.05) is 75.8 Å². The fraction of sp³-hybridized carbons (Fsp3) is 0.357. The minimum absolute atomic E-state index is 0.00817. The quantitative estimate of drug-likeness (QED) is 0.499. The maximum Gasteiger partial charge on any atom is 0.492 e. The zero-order chi connectivity index (χ0) is 25.5. The molecule has 0 radical (unpaired) electrons. The molecule has 2 aliphatic rings. The van der Waals surface area contributed by atoms with Crippen molar-refractivity contribution in [1.29, 1.82) is 0 Å². The lowest BCUT2D eigenvalue weighted by atomic mass is 9.77. The van der Waals surface area contributed by atoms with Crippen molar-refractivity contribution < 1.29 is 18.8 Å². The first-order chi connectivity index (χ1) is 17.2. The Hall–Kier alpha value is -3.36. The van der Waals surface area contributed by atoms with Gasteiger partial charge in [-0.25, -0.2) is 9.78 Å². The van der Waals surface area contributed by atoms with Gasteiger partial charge in [0.25, 0.3) is 0 Å². The molecule has 0 spiro atoms. The van der Waals surface area contributed by atoms with E-state index in [4.69, 9.17) is 14.0 Å². The number of amides is 1. The second-order valence-corrected chi connectivity index (χ2v) is 10.4. The number of alkyl carbamates (subject to hydrolysis) is 1. The number of aryl methyl sites for hydroxylation is 1. The summed E-state index contributed by atoms with van der Waals surface area (Å²) in [5.74, 6) is 0.753. The molecule has 36 heavy (non-hydrogen) atoms. The third kappa shape index (κ3) is 4.47. The lowest BCUT2D eigenvalue weighted by molar-refractivity contribution is 0.00578. The van der Waals surface area contributed by atoms with E-state index in [0.29, 0.717) is 0 Å². The van der Waals surface area contributed by atoms with Gasteiger partial charge in [0.1, 0.15) is 12.4 Å². The number of rotatable bonds is 6. The maximum atomic E-state index is 12.8. The van der Waals surface area contributed by atoms with Gasteiger partial charge in [-0.3, -0.25) is 0 Å². The molecule has 5 rings (SSSR count). The Morgan fingerprint density at radius 2 is 1.64 bits per heavy atom. The van der Waals surface area contributed by atoms with E-state index in [-0.39, 0.29) is 19.1 Å². The lowest BCUT2D eigenvalue weighted by Gasteiger charge is -2.32. The maximum absolute atomic E-state index is 12.8. The Morgan fingerprint density at radius 1 is 1.06 bits per heavy atom. The van der Waals surface area contributed by atoms with Crippen LogP contribution < -0.4 is 5.32 Å². The van der Waals surface area contributed by atoms with Crippen molar-refractivity contribution in [2.24, 2.45) is 7.05 Å². The number of ether oxygens (including phenoxy) is 1. The van der Waals surface area contributed by atoms with Crippen molar-refractivity contribution in [3.05, 3.63) is 83.3 Å². The molecule has 1 aliphatic carbocycles. The molecule has 2 heterocycles. The molecular weight excluding hydrogens is 453 g/mol. The van der Waals surface area contributed by atoms with Crippen LogP contribution >= 0.6 is 0 Å². The standard InChI is InChI=1S/C28H32BN3O4/c1-27(2)28(3,4)36-29(35-27)19(16-25-30-14-15-32(25)5)17-31-26(33)34-18-24-22-12-8-6-10-20(22)21-11-7-9-13-23(21)24/h6-16,24H,17-18H2,1-5H3,(H,31,33). The van der Waals surface area contributed by atoms with Crippen LogP contribution in [0.5, 0.6) is 0 Å². The fourth-order valence-electron chi connectivity index (χ4n) is 4.70. The molecule has 2 aromatic carbocycles. The normalized spacial score (nSPS) is 18.1. The summed E-state index contributed by atoms with van der Waals surface area (Å²) in [5, 5.41) is 2.89. The summed E-state index contributed by atoms with van der Waals surface area (Å²) in [6.07, 6.45) is 5.00. The third-order valence-electron chi connectivity index (χ3n) is 7.51. The van der Waals surface area contributed by atoms with Crippen LogP contribution in [0, 0.1) is 0 Å². The fourth-order valence-corrected chi connectivity index (χ4v) is 4.70. The second kappa shape index (κ2) is 9.26. The lowest BCUT2D eigenvalue weighted by Crippen LogP contribution is -2.41. The van der Waals surface area contributed by atoms with Crippen molar-refractivity contribution in [2.45, 2.75) is 44.8 Å². The summed E-state index contributed by atoms with van der Waals surface area (Å²) in [7, 11) is 1.31. The molecule has 7 nitrogen and oxygen atoms in total. The SMILES string of the molecule is Cn1ccnc1C=C(CNC(=O)OCC1c2ccccc2-c2ccccc21)B1OC(C)(C)C(C)(C)O1. The van der Waals surface area contributed by atoms with Gasteiger partial charge in [0.15, 0.2) is 0 Å². The van der Waals surface area contributed by atoms with Crippen LogP contribution in [-0.4, -0.2) is 47.1 Å². The molecule has 1 aromatic heterocycles. The summed E-state index contributed by atoms with van der Waals surface area (Å²) in [4.78, 5) is 17.2. The molecule has 0 unspecified atom stereocenters. The molecule has 0 bridgehead atoms. The number of imidazole rings is 1. The molecule has 1 amide bonds. The summed E-state index contributed by atoms with van der Waals surface area (Å²) >= 11 is 0. The van der Waals surface area contributed by atoms with Gasteiger partial charge in [-0.1, -0.05) is 48.5 Å². The van der Waals surface area contributed by atoms with E-state index < -0.39 is 24.4 Å². The van der Waals surface area contributed by atoms with Crippen molar-refractivity contribution >= 4 is 19.3 Å². The molecule has 0 atom stereocenters. The molecule has 1 fully saturated rings. The number of fused-ring (bicyclic) bond motifs is 3. The predicted molar refractivity (Wildman–Crippen MR) is 140 cm³/mol. The molecule has 186 valence electrons. The highest BCUT2D eigenvalue weighted by Gasteiger charge is 2.52. The molecule has 1 saturated heterocycles. The minimum Gasteiger partial charge on any atom is -0.449 e. The zero-order valence-corrected chi connectivity index (χ0v) is 21.4. The van der Waals surface area contributed by atoms with E-state index in [1.165, 1.54) is 22.3 Å². The van der Waals surface area contributed by atoms with E-state index in [0.717, 1.165) is 11.3 Å². The van der Waals surface area contributed by atoms with Crippen LogP contribution in [0.4, 0.5) is 4.79 Å². The topological polar surface area (TPSA) is 74.6 Å². The number of carbonyl (C=O) groups excluding carboxylic acids is 1. The van der Waals surface area contributed by atoms with Gasteiger partial charge in [0.2, 0.25) is 0 Å². The zero-order valence-electron chi connectivity index (χ0n) is 21.4. The summed E-state index contributed by atoms with van der Waals surface area (Å²) < 4.78 is 20.1. The van der Waals surface area contributed by atoms with Crippen LogP contribution in [0.25, 0.3) is 17.2 Å². The number of hydrogen-bond donors (Lipinski definition) is 1. The third-order valence-corrected chi connectivity index (χ3v) is 7.51. The van der Waals surface area contributed by atoms with Gasteiger partial charge >= 0.3 is 13.2 Å². The number of hydrogen-bond acceptors (Lipinski definition) is 5. The molecule has 1 N–H and O–H groups in total. The largest absolute Gasteiger partial charge is 0.492 e. The van der Waals surface area contributed by atoms with E-state index >= 15 is 0 Å². The highest BCUT2D eigenvalue weighted by atomic mass is 16.7. The Balaban J connectivity index is 1.28. The van der Waals surface area contributed by atoms with Crippen LogP contribution in [0.15, 0.2) is 66.4 Å². The van der Waals surface area contributed by atoms with E-state index in [2.05, 4.69) is 34.6 Å². The van der Waals surface area contributed by atoms with Crippen molar-refractivity contribution in [3.63, 3.8) is 0 Å². The minimum atomic E-state index is -0.611. The van der Waals surface area contributed by atoms with Crippen molar-refractivity contribution in [1.82, 2.24) is 14.9 Å². The number of carbonyl (C=O) groups is 1. The molecule has 3 aromatic rings. The van der Waals surface area contributed by atoms with E-state index in [9.17, 15) is 4.79 Å². The highest BCUT2D eigenvalue weighted by molar-refractivity contribution is 6.56. The first-order valence-electron chi connectivity index (χ1n) is 12.3. The predicted octanol–water partition coefficient (Wildman–Crippen LogP) is 4.97. The van der Waals surface area contributed by atoms with Crippen molar-refractivity contribution in [3.8, 4) is 11.1 Å². The number of nitrogens with one attached hydrogen (secondary N) is 1. The summed E-state index contributed by atoms with van der Waals surface area (Å²) in [6.45, 7) is 8.48. The Bertz CT molecular complexity index is 1250. The van der Waals surface area contributed by atoms with Crippen LogP contribution in [0.1, 0.15) is 50.6 Å². The Morgan fingerprint density at radius 3 is 2.19 bits per heavy atom. The number of aromatic nitrogens is 2.